The van der Waals surface area contributed by atoms with Crippen LogP contribution >= 0.6 is 0 Å². The third kappa shape index (κ3) is 3.33. The zero-order valence-corrected chi connectivity index (χ0v) is 12.2. The van der Waals surface area contributed by atoms with Gasteiger partial charge in [-0.1, -0.05) is 12.1 Å². The van der Waals surface area contributed by atoms with E-state index in [0.717, 1.165) is 16.5 Å². The normalized spacial score (nSPS) is 12.6. The molecule has 0 fully saturated rings. The van der Waals surface area contributed by atoms with Gasteiger partial charge in [0.1, 0.15) is 0 Å². The number of fused-ring (bicyclic) bond motifs is 1. The molecule has 0 aliphatic rings. The van der Waals surface area contributed by atoms with Gasteiger partial charge in [0, 0.05) is 17.6 Å². The predicted molar refractivity (Wildman–Crippen MR) is 79.4 cm³/mol. The maximum Gasteiger partial charge on any atom is 0.307 e. The van der Waals surface area contributed by atoms with Gasteiger partial charge in [-0.3, -0.25) is 9.78 Å². The molecular weight excluding hydrogens is 252 g/mol. The van der Waals surface area contributed by atoms with Crippen LogP contribution in [-0.4, -0.2) is 36.6 Å². The molecule has 1 unspecified atom stereocenters. The van der Waals surface area contributed by atoms with Crippen molar-refractivity contribution < 1.29 is 9.53 Å². The highest BCUT2D eigenvalue weighted by atomic mass is 16.5. The third-order valence-electron chi connectivity index (χ3n) is 3.30. The summed E-state index contributed by atoms with van der Waals surface area (Å²) in [5.41, 5.74) is 2.06. The summed E-state index contributed by atoms with van der Waals surface area (Å²) in [6.45, 7) is 2.24. The van der Waals surface area contributed by atoms with E-state index in [9.17, 15) is 4.79 Å². The molecule has 0 saturated heterocycles. The van der Waals surface area contributed by atoms with Gasteiger partial charge in [-0.2, -0.15) is 0 Å². The molecule has 4 nitrogen and oxygen atoms in total. The van der Waals surface area contributed by atoms with Crippen molar-refractivity contribution in [1.29, 1.82) is 0 Å². The van der Waals surface area contributed by atoms with Gasteiger partial charge in [0.2, 0.25) is 0 Å². The first-order chi connectivity index (χ1) is 9.61. The van der Waals surface area contributed by atoms with Crippen LogP contribution in [0.3, 0.4) is 0 Å². The van der Waals surface area contributed by atoms with Crippen molar-refractivity contribution in [3.63, 3.8) is 0 Å². The minimum absolute atomic E-state index is 0.0126. The van der Waals surface area contributed by atoms with E-state index in [-0.39, 0.29) is 12.0 Å². The number of benzene rings is 1. The summed E-state index contributed by atoms with van der Waals surface area (Å²) >= 11 is 0. The second-order valence-electron chi connectivity index (χ2n) is 4.94. The van der Waals surface area contributed by atoms with E-state index in [1.54, 1.807) is 6.20 Å². The van der Waals surface area contributed by atoms with Crippen molar-refractivity contribution in [2.24, 2.45) is 0 Å². The molecule has 1 aromatic heterocycles. The van der Waals surface area contributed by atoms with Crippen molar-refractivity contribution in [2.45, 2.75) is 19.4 Å². The summed E-state index contributed by atoms with van der Waals surface area (Å²) in [7, 11) is 3.94. The van der Waals surface area contributed by atoms with Crippen molar-refractivity contribution in [3.8, 4) is 0 Å². The van der Waals surface area contributed by atoms with Crippen molar-refractivity contribution in [3.05, 3.63) is 42.1 Å². The first kappa shape index (κ1) is 14.5. The van der Waals surface area contributed by atoms with Gasteiger partial charge in [0.05, 0.1) is 18.5 Å². The number of carbonyl (C=O) groups is 1. The van der Waals surface area contributed by atoms with Crippen LogP contribution in [0.1, 0.15) is 24.9 Å². The quantitative estimate of drug-likeness (QED) is 0.785. The SMILES string of the molecule is CCOC(=O)CC(c1ccc2ncccc2c1)N(C)C. The standard InChI is InChI=1S/C16H20N2O2/c1-4-20-16(19)11-15(18(2)3)13-7-8-14-12(10-13)6-5-9-17-14/h5-10,15H,4,11H2,1-3H3. The minimum atomic E-state index is -0.169. The summed E-state index contributed by atoms with van der Waals surface area (Å²) in [4.78, 5) is 18.1. The molecule has 0 spiro atoms. The van der Waals surface area contributed by atoms with Crippen LogP contribution in [0.4, 0.5) is 0 Å². The second-order valence-corrected chi connectivity index (χ2v) is 4.94. The summed E-state index contributed by atoms with van der Waals surface area (Å²) < 4.78 is 5.05. The Morgan fingerprint density at radius 3 is 2.85 bits per heavy atom. The zero-order valence-electron chi connectivity index (χ0n) is 12.2. The molecule has 0 amide bonds. The molecule has 0 saturated carbocycles. The topological polar surface area (TPSA) is 42.4 Å². The van der Waals surface area contributed by atoms with E-state index in [1.807, 2.05) is 50.2 Å². The summed E-state index contributed by atoms with van der Waals surface area (Å²) in [6, 6.07) is 10.1. The summed E-state index contributed by atoms with van der Waals surface area (Å²) in [5.74, 6) is -0.169. The molecule has 2 rings (SSSR count). The van der Waals surface area contributed by atoms with Crippen LogP contribution in [0.2, 0.25) is 0 Å². The molecule has 0 aliphatic carbocycles. The molecule has 20 heavy (non-hydrogen) atoms. The highest BCUT2D eigenvalue weighted by Crippen LogP contribution is 2.25. The zero-order chi connectivity index (χ0) is 14.5. The molecule has 0 bridgehead atoms. The largest absolute Gasteiger partial charge is 0.466 e. The second kappa shape index (κ2) is 6.48. The van der Waals surface area contributed by atoms with Crippen LogP contribution < -0.4 is 0 Å². The monoisotopic (exact) mass is 272 g/mol. The molecule has 0 N–H and O–H groups in total. The molecule has 0 radical (unpaired) electrons. The lowest BCUT2D eigenvalue weighted by Crippen LogP contribution is -2.23. The first-order valence-electron chi connectivity index (χ1n) is 6.78. The van der Waals surface area contributed by atoms with Gasteiger partial charge in [0.25, 0.3) is 0 Å². The summed E-state index contributed by atoms with van der Waals surface area (Å²) in [6.07, 6.45) is 2.14. The summed E-state index contributed by atoms with van der Waals surface area (Å²) in [5, 5.41) is 1.08. The van der Waals surface area contributed by atoms with E-state index in [4.69, 9.17) is 4.74 Å². The Balaban J connectivity index is 2.29. The smallest absolute Gasteiger partial charge is 0.307 e. The number of carbonyl (C=O) groups excluding carboxylic acids is 1. The molecule has 1 aromatic carbocycles. The van der Waals surface area contributed by atoms with Crippen molar-refractivity contribution in [2.75, 3.05) is 20.7 Å². The highest BCUT2D eigenvalue weighted by Gasteiger charge is 2.19. The van der Waals surface area contributed by atoms with E-state index >= 15 is 0 Å². The average Bonchev–Trinajstić information content (AvgIpc) is 2.44. The van der Waals surface area contributed by atoms with Crippen molar-refractivity contribution in [1.82, 2.24) is 9.88 Å². The molecule has 0 aliphatic heterocycles. The molecule has 2 aromatic rings. The molecule has 1 heterocycles. The molecule has 1 atom stereocenters. The number of pyridine rings is 1. The van der Waals surface area contributed by atoms with Crippen LogP contribution in [0, 0.1) is 0 Å². The number of esters is 1. The number of hydrogen-bond acceptors (Lipinski definition) is 4. The minimum Gasteiger partial charge on any atom is -0.466 e. The fourth-order valence-electron chi connectivity index (χ4n) is 2.28. The fourth-order valence-corrected chi connectivity index (χ4v) is 2.28. The van der Waals surface area contributed by atoms with Gasteiger partial charge in [-0.25, -0.2) is 0 Å². The third-order valence-corrected chi connectivity index (χ3v) is 3.30. The van der Waals surface area contributed by atoms with Gasteiger partial charge in [-0.15, -0.1) is 0 Å². The Labute approximate surface area is 119 Å². The number of rotatable bonds is 5. The lowest BCUT2D eigenvalue weighted by atomic mass is 10.0. The maximum atomic E-state index is 11.7. The van der Waals surface area contributed by atoms with Gasteiger partial charge in [0.15, 0.2) is 0 Å². The highest BCUT2D eigenvalue weighted by molar-refractivity contribution is 5.79. The van der Waals surface area contributed by atoms with Gasteiger partial charge >= 0.3 is 5.97 Å². The average molecular weight is 272 g/mol. The maximum absolute atomic E-state index is 11.7. The molecule has 4 heteroatoms. The number of nitrogens with zero attached hydrogens (tertiary/aromatic N) is 2. The Kier molecular flexibility index (Phi) is 4.69. The van der Waals surface area contributed by atoms with Crippen LogP contribution in [0.5, 0.6) is 0 Å². The van der Waals surface area contributed by atoms with Gasteiger partial charge < -0.3 is 9.64 Å². The van der Waals surface area contributed by atoms with Crippen LogP contribution in [0.15, 0.2) is 36.5 Å². The van der Waals surface area contributed by atoms with E-state index in [1.165, 1.54) is 0 Å². The Bertz CT molecular complexity index is 596. The molecular formula is C16H20N2O2. The number of hydrogen-bond donors (Lipinski definition) is 0. The van der Waals surface area contributed by atoms with Crippen molar-refractivity contribution >= 4 is 16.9 Å². The Morgan fingerprint density at radius 1 is 1.35 bits per heavy atom. The Hall–Kier alpha value is -1.94. The van der Waals surface area contributed by atoms with E-state index in [2.05, 4.69) is 11.1 Å². The van der Waals surface area contributed by atoms with E-state index < -0.39 is 0 Å². The molecule has 106 valence electrons. The van der Waals surface area contributed by atoms with Crippen LogP contribution in [-0.2, 0) is 9.53 Å². The van der Waals surface area contributed by atoms with Gasteiger partial charge in [-0.05, 0) is 44.8 Å². The lowest BCUT2D eigenvalue weighted by Gasteiger charge is -2.24. The first-order valence-corrected chi connectivity index (χ1v) is 6.78. The number of aromatic nitrogens is 1. The lowest BCUT2D eigenvalue weighted by molar-refractivity contribution is -0.144. The van der Waals surface area contributed by atoms with Crippen LogP contribution in [0.25, 0.3) is 10.9 Å². The number of ether oxygens (including phenoxy) is 1. The fraction of sp³-hybridized carbons (Fsp3) is 0.375. The van der Waals surface area contributed by atoms with E-state index in [0.29, 0.717) is 13.0 Å². The predicted octanol–water partition coefficient (Wildman–Crippen LogP) is 2.79. The Morgan fingerprint density at radius 2 is 2.15 bits per heavy atom.